The first kappa shape index (κ1) is 16.0. The van der Waals surface area contributed by atoms with Gasteiger partial charge in [-0.1, -0.05) is 41.9 Å². The van der Waals surface area contributed by atoms with Gasteiger partial charge in [0.2, 0.25) is 5.91 Å². The van der Waals surface area contributed by atoms with Gasteiger partial charge in [0.25, 0.3) is 5.91 Å². The van der Waals surface area contributed by atoms with Crippen molar-refractivity contribution in [2.75, 3.05) is 11.9 Å². The van der Waals surface area contributed by atoms with Gasteiger partial charge in [-0.15, -0.1) is 0 Å². The molecule has 1 aliphatic rings. The third-order valence-corrected chi connectivity index (χ3v) is 3.84. The molecule has 7 heteroatoms. The van der Waals surface area contributed by atoms with E-state index in [-0.39, 0.29) is 6.54 Å². The molecule has 122 valence electrons. The molecule has 0 aromatic heterocycles. The Hall–Kier alpha value is -2.86. The molecule has 1 saturated heterocycles. The van der Waals surface area contributed by atoms with Crippen molar-refractivity contribution in [1.82, 2.24) is 10.2 Å². The Kier molecular flexibility index (Phi) is 4.48. The highest BCUT2D eigenvalue weighted by Crippen LogP contribution is 2.21. The molecule has 0 spiro atoms. The van der Waals surface area contributed by atoms with Crippen LogP contribution >= 0.6 is 11.6 Å². The van der Waals surface area contributed by atoms with Crippen LogP contribution in [0.25, 0.3) is 0 Å². The number of hydrogen-bond acceptors (Lipinski definition) is 3. The van der Waals surface area contributed by atoms with Gasteiger partial charge in [-0.25, -0.2) is 4.79 Å². The van der Waals surface area contributed by atoms with E-state index in [0.717, 1.165) is 4.90 Å². The van der Waals surface area contributed by atoms with E-state index in [0.29, 0.717) is 16.3 Å². The number of urea groups is 1. The van der Waals surface area contributed by atoms with Crippen molar-refractivity contribution < 1.29 is 14.4 Å². The Bertz CT molecular complexity index is 777. The normalized spacial score (nSPS) is 16.9. The van der Waals surface area contributed by atoms with Crippen molar-refractivity contribution in [3.05, 3.63) is 65.2 Å². The minimum atomic E-state index is -0.762. The predicted molar refractivity (Wildman–Crippen MR) is 89.5 cm³/mol. The molecule has 0 saturated carbocycles. The Balaban J connectivity index is 1.66. The molecule has 1 fully saturated rings. The molecule has 0 aliphatic carbocycles. The Morgan fingerprint density at radius 1 is 1.08 bits per heavy atom. The minimum Gasteiger partial charge on any atom is -0.325 e. The number of carbonyl (C=O) groups is 3. The van der Waals surface area contributed by atoms with Crippen LogP contribution in [-0.2, 0) is 9.59 Å². The van der Waals surface area contributed by atoms with Gasteiger partial charge >= 0.3 is 6.03 Å². The predicted octanol–water partition coefficient (Wildman–Crippen LogP) is 2.57. The van der Waals surface area contributed by atoms with E-state index in [1.54, 1.807) is 48.5 Å². The van der Waals surface area contributed by atoms with E-state index in [2.05, 4.69) is 10.6 Å². The summed E-state index contributed by atoms with van der Waals surface area (Å²) in [6.07, 6.45) is 0. The maximum atomic E-state index is 12.4. The number of benzene rings is 2. The molecule has 2 aromatic carbocycles. The second-order valence-electron chi connectivity index (χ2n) is 5.27. The average Bonchev–Trinajstić information content (AvgIpc) is 2.86. The molecule has 2 N–H and O–H groups in total. The van der Waals surface area contributed by atoms with E-state index in [9.17, 15) is 14.4 Å². The standard InChI is InChI=1S/C17H14ClN3O3/c18-12-6-8-13(9-7-12)19-14(22)10-21-16(23)15(20-17(21)24)11-4-2-1-3-5-11/h1-9,15H,10H2,(H,19,22)(H,20,24). The SMILES string of the molecule is O=C(CN1C(=O)NC(c2ccccc2)C1=O)Nc1ccc(Cl)cc1. The third kappa shape index (κ3) is 3.38. The van der Waals surface area contributed by atoms with E-state index >= 15 is 0 Å². The number of halogens is 1. The lowest BCUT2D eigenvalue weighted by Gasteiger charge is -2.13. The highest BCUT2D eigenvalue weighted by atomic mass is 35.5. The van der Waals surface area contributed by atoms with Gasteiger partial charge in [-0.05, 0) is 29.8 Å². The molecule has 1 aliphatic heterocycles. The Labute approximate surface area is 143 Å². The average molecular weight is 344 g/mol. The van der Waals surface area contributed by atoms with Crippen molar-refractivity contribution in [1.29, 1.82) is 0 Å². The van der Waals surface area contributed by atoms with E-state index in [1.807, 2.05) is 6.07 Å². The van der Waals surface area contributed by atoms with Gasteiger partial charge in [0.1, 0.15) is 12.6 Å². The molecule has 1 unspecified atom stereocenters. The maximum absolute atomic E-state index is 12.4. The summed E-state index contributed by atoms with van der Waals surface area (Å²) in [5.74, 6) is -0.910. The van der Waals surface area contributed by atoms with Gasteiger partial charge < -0.3 is 10.6 Å². The number of imide groups is 1. The first-order valence-electron chi connectivity index (χ1n) is 7.27. The van der Waals surface area contributed by atoms with Crippen LogP contribution in [-0.4, -0.2) is 29.3 Å². The molecule has 1 heterocycles. The number of nitrogens with one attached hydrogen (secondary N) is 2. The van der Waals surface area contributed by atoms with Gasteiger partial charge in [0.15, 0.2) is 0 Å². The second-order valence-corrected chi connectivity index (χ2v) is 5.71. The number of amides is 4. The first-order valence-corrected chi connectivity index (χ1v) is 7.64. The van der Waals surface area contributed by atoms with Crippen LogP contribution in [0, 0.1) is 0 Å². The van der Waals surface area contributed by atoms with Crippen LogP contribution in [0.2, 0.25) is 5.02 Å². The fourth-order valence-corrected chi connectivity index (χ4v) is 2.54. The monoisotopic (exact) mass is 343 g/mol. The number of rotatable bonds is 4. The van der Waals surface area contributed by atoms with Crippen LogP contribution in [0.15, 0.2) is 54.6 Å². The topological polar surface area (TPSA) is 78.5 Å². The summed E-state index contributed by atoms with van der Waals surface area (Å²) >= 11 is 5.78. The zero-order valence-electron chi connectivity index (χ0n) is 12.5. The smallest absolute Gasteiger partial charge is 0.325 e. The summed E-state index contributed by atoms with van der Waals surface area (Å²) in [6, 6.07) is 14.1. The van der Waals surface area contributed by atoms with Crippen LogP contribution in [0.3, 0.4) is 0 Å². The largest absolute Gasteiger partial charge is 0.325 e. The van der Waals surface area contributed by atoms with E-state index in [4.69, 9.17) is 11.6 Å². The lowest BCUT2D eigenvalue weighted by Crippen LogP contribution is -2.38. The van der Waals surface area contributed by atoms with Crippen molar-refractivity contribution in [3.8, 4) is 0 Å². The van der Waals surface area contributed by atoms with Crippen molar-refractivity contribution in [2.24, 2.45) is 0 Å². The van der Waals surface area contributed by atoms with E-state index < -0.39 is 23.9 Å². The summed E-state index contributed by atoms with van der Waals surface area (Å²) in [5.41, 5.74) is 1.22. The summed E-state index contributed by atoms with van der Waals surface area (Å²) in [7, 11) is 0. The fraction of sp³-hybridized carbons (Fsp3) is 0.118. The lowest BCUT2D eigenvalue weighted by atomic mass is 10.1. The molecule has 2 aromatic rings. The quantitative estimate of drug-likeness (QED) is 0.837. The molecule has 0 bridgehead atoms. The zero-order chi connectivity index (χ0) is 17.1. The fourth-order valence-electron chi connectivity index (χ4n) is 2.42. The zero-order valence-corrected chi connectivity index (χ0v) is 13.3. The van der Waals surface area contributed by atoms with Crippen LogP contribution in [0.1, 0.15) is 11.6 Å². The number of hydrogen-bond donors (Lipinski definition) is 2. The third-order valence-electron chi connectivity index (χ3n) is 3.59. The number of anilines is 1. The highest BCUT2D eigenvalue weighted by Gasteiger charge is 2.39. The van der Waals surface area contributed by atoms with Crippen LogP contribution in [0.4, 0.5) is 10.5 Å². The minimum absolute atomic E-state index is 0.351. The molecule has 1 atom stereocenters. The highest BCUT2D eigenvalue weighted by molar-refractivity contribution is 6.30. The van der Waals surface area contributed by atoms with Gasteiger partial charge in [-0.3, -0.25) is 14.5 Å². The number of nitrogens with zero attached hydrogens (tertiary/aromatic N) is 1. The summed E-state index contributed by atoms with van der Waals surface area (Å²) in [4.78, 5) is 37.4. The molecule has 4 amide bonds. The first-order chi connectivity index (χ1) is 11.5. The summed E-state index contributed by atoms with van der Waals surface area (Å²) in [5, 5.41) is 5.76. The molecule has 3 rings (SSSR count). The molecule has 24 heavy (non-hydrogen) atoms. The Morgan fingerprint density at radius 3 is 2.42 bits per heavy atom. The van der Waals surface area contributed by atoms with Crippen LogP contribution < -0.4 is 10.6 Å². The molecular formula is C17H14ClN3O3. The van der Waals surface area contributed by atoms with Crippen molar-refractivity contribution >= 4 is 35.1 Å². The Morgan fingerprint density at radius 2 is 1.75 bits per heavy atom. The maximum Gasteiger partial charge on any atom is 0.325 e. The summed E-state index contributed by atoms with van der Waals surface area (Å²) < 4.78 is 0. The van der Waals surface area contributed by atoms with Gasteiger partial charge in [0, 0.05) is 10.7 Å². The molecule has 0 radical (unpaired) electrons. The van der Waals surface area contributed by atoms with Crippen molar-refractivity contribution in [2.45, 2.75) is 6.04 Å². The summed E-state index contributed by atoms with van der Waals surface area (Å²) in [6.45, 7) is -0.351. The van der Waals surface area contributed by atoms with Gasteiger partial charge in [0.05, 0.1) is 0 Å². The molecule has 6 nitrogen and oxygen atoms in total. The lowest BCUT2D eigenvalue weighted by molar-refractivity contribution is -0.130. The van der Waals surface area contributed by atoms with Crippen LogP contribution in [0.5, 0.6) is 0 Å². The van der Waals surface area contributed by atoms with E-state index in [1.165, 1.54) is 0 Å². The second kappa shape index (κ2) is 6.72. The van der Waals surface area contributed by atoms with Gasteiger partial charge in [-0.2, -0.15) is 0 Å². The number of carbonyl (C=O) groups excluding carboxylic acids is 3. The van der Waals surface area contributed by atoms with Crippen molar-refractivity contribution in [3.63, 3.8) is 0 Å². The molecular weight excluding hydrogens is 330 g/mol.